The van der Waals surface area contributed by atoms with E-state index in [9.17, 15) is 4.79 Å². The molecule has 1 aromatic heterocycles. The van der Waals surface area contributed by atoms with Crippen LogP contribution < -0.4 is 29.0 Å². The minimum absolute atomic E-state index is 0.0778. The van der Waals surface area contributed by atoms with Crippen molar-refractivity contribution in [2.75, 3.05) is 47.8 Å². The van der Waals surface area contributed by atoms with Crippen molar-refractivity contribution >= 4 is 17.7 Å². The van der Waals surface area contributed by atoms with Gasteiger partial charge in [-0.1, -0.05) is 17.8 Å². The summed E-state index contributed by atoms with van der Waals surface area (Å²) in [5, 5.41) is 12.1. The summed E-state index contributed by atoms with van der Waals surface area (Å²) in [5.74, 6) is 3.08. The fourth-order valence-electron chi connectivity index (χ4n) is 3.35. The maximum Gasteiger partial charge on any atom is 0.230 e. The number of nitrogens with zero attached hydrogens (tertiary/aromatic N) is 2. The number of benzene rings is 2. The number of hydrogen-bond acceptors (Lipinski definition) is 9. The minimum Gasteiger partial charge on any atom is -0.493 e. The van der Waals surface area contributed by atoms with Gasteiger partial charge in [0.2, 0.25) is 11.7 Å². The largest absolute Gasteiger partial charge is 0.493 e. The van der Waals surface area contributed by atoms with Gasteiger partial charge in [-0.05, 0) is 48.4 Å². The van der Waals surface area contributed by atoms with Crippen LogP contribution in [0.2, 0.25) is 0 Å². The van der Waals surface area contributed by atoms with Crippen molar-refractivity contribution in [3.8, 4) is 40.0 Å². The molecule has 0 saturated carbocycles. The maximum absolute atomic E-state index is 12.3. The van der Waals surface area contributed by atoms with Crippen LogP contribution in [0, 0.1) is 0 Å². The van der Waals surface area contributed by atoms with Crippen LogP contribution in [0.1, 0.15) is 5.56 Å². The normalized spacial score (nSPS) is 10.4. The summed E-state index contributed by atoms with van der Waals surface area (Å²) in [6.45, 7) is 0.515. The molecule has 0 aliphatic heterocycles. The lowest BCUT2D eigenvalue weighted by Crippen LogP contribution is -2.27. The second-order valence-electron chi connectivity index (χ2n) is 7.25. The van der Waals surface area contributed by atoms with Crippen LogP contribution >= 0.6 is 11.8 Å². The summed E-state index contributed by atoms with van der Waals surface area (Å²) >= 11 is 1.32. The fraction of sp³-hybridized carbons (Fsp3) is 0.320. The van der Waals surface area contributed by atoms with Gasteiger partial charge in [0.1, 0.15) is 5.03 Å². The predicted molar refractivity (Wildman–Crippen MR) is 134 cm³/mol. The van der Waals surface area contributed by atoms with Crippen LogP contribution in [0.4, 0.5) is 0 Å². The molecule has 3 aromatic rings. The molecule has 10 heteroatoms. The van der Waals surface area contributed by atoms with Gasteiger partial charge >= 0.3 is 0 Å². The molecule has 0 radical (unpaired) electrons. The van der Waals surface area contributed by atoms with Crippen LogP contribution in [-0.4, -0.2) is 64.0 Å². The molecule has 2 aromatic carbocycles. The number of thioether (sulfide) groups is 1. The van der Waals surface area contributed by atoms with Crippen LogP contribution in [0.25, 0.3) is 11.3 Å². The predicted octanol–water partition coefficient (Wildman–Crippen LogP) is 3.64. The number of ether oxygens (including phenoxy) is 5. The number of carbonyl (C=O) groups excluding carboxylic acids is 1. The lowest BCUT2D eigenvalue weighted by molar-refractivity contribution is -0.118. The van der Waals surface area contributed by atoms with Gasteiger partial charge < -0.3 is 29.0 Å². The Morgan fingerprint density at radius 2 is 1.49 bits per heavy atom. The first-order chi connectivity index (χ1) is 17.0. The molecular formula is C25H29N3O6S. The lowest BCUT2D eigenvalue weighted by Gasteiger charge is -2.13. The van der Waals surface area contributed by atoms with E-state index in [1.165, 1.54) is 11.8 Å². The number of amides is 1. The molecule has 9 nitrogen and oxygen atoms in total. The third-order valence-corrected chi connectivity index (χ3v) is 6.06. The molecule has 0 atom stereocenters. The molecule has 0 bridgehead atoms. The minimum atomic E-state index is -0.0778. The van der Waals surface area contributed by atoms with E-state index in [-0.39, 0.29) is 11.7 Å². The third-order valence-electron chi connectivity index (χ3n) is 5.14. The summed E-state index contributed by atoms with van der Waals surface area (Å²) in [7, 11) is 7.87. The molecule has 1 heterocycles. The molecule has 1 amide bonds. The smallest absolute Gasteiger partial charge is 0.230 e. The topological polar surface area (TPSA) is 101 Å². The van der Waals surface area contributed by atoms with Crippen molar-refractivity contribution in [2.24, 2.45) is 0 Å². The summed E-state index contributed by atoms with van der Waals surface area (Å²) in [4.78, 5) is 12.3. The molecule has 0 saturated heterocycles. The Morgan fingerprint density at radius 3 is 2.06 bits per heavy atom. The van der Waals surface area contributed by atoms with E-state index in [4.69, 9.17) is 23.7 Å². The fourth-order valence-corrected chi connectivity index (χ4v) is 4.00. The van der Waals surface area contributed by atoms with Gasteiger partial charge in [-0.15, -0.1) is 10.2 Å². The molecule has 1 N–H and O–H groups in total. The molecule has 0 fully saturated rings. The highest BCUT2D eigenvalue weighted by atomic mass is 32.2. The number of rotatable bonds is 12. The van der Waals surface area contributed by atoms with Gasteiger partial charge in [0.05, 0.1) is 47.0 Å². The van der Waals surface area contributed by atoms with E-state index in [0.29, 0.717) is 52.4 Å². The van der Waals surface area contributed by atoms with Crippen LogP contribution in [0.5, 0.6) is 28.7 Å². The average Bonchev–Trinajstić information content (AvgIpc) is 2.91. The van der Waals surface area contributed by atoms with E-state index < -0.39 is 0 Å². The number of carbonyl (C=O) groups is 1. The Kier molecular flexibility index (Phi) is 9.42. The van der Waals surface area contributed by atoms with Gasteiger partial charge in [0, 0.05) is 12.1 Å². The van der Waals surface area contributed by atoms with Gasteiger partial charge in [0.15, 0.2) is 23.0 Å². The van der Waals surface area contributed by atoms with Gasteiger partial charge in [-0.2, -0.15) is 0 Å². The molecule has 35 heavy (non-hydrogen) atoms. The Morgan fingerprint density at radius 1 is 0.800 bits per heavy atom. The van der Waals surface area contributed by atoms with E-state index >= 15 is 0 Å². The number of methoxy groups -OCH3 is 5. The van der Waals surface area contributed by atoms with E-state index in [2.05, 4.69) is 15.5 Å². The summed E-state index contributed by atoms with van der Waals surface area (Å²) in [6.07, 6.45) is 0.681. The van der Waals surface area contributed by atoms with Crippen molar-refractivity contribution in [3.05, 3.63) is 48.0 Å². The van der Waals surface area contributed by atoms with E-state index in [1.807, 2.05) is 42.5 Å². The molecule has 0 aliphatic rings. The van der Waals surface area contributed by atoms with Gasteiger partial charge in [0.25, 0.3) is 0 Å². The third kappa shape index (κ3) is 6.69. The molecule has 186 valence electrons. The van der Waals surface area contributed by atoms with Crippen molar-refractivity contribution in [1.29, 1.82) is 0 Å². The van der Waals surface area contributed by atoms with E-state index in [0.717, 1.165) is 11.1 Å². The van der Waals surface area contributed by atoms with Crippen LogP contribution in [0.15, 0.2) is 47.5 Å². The second-order valence-corrected chi connectivity index (χ2v) is 8.24. The zero-order valence-electron chi connectivity index (χ0n) is 20.4. The van der Waals surface area contributed by atoms with Gasteiger partial charge in [-0.3, -0.25) is 4.79 Å². The molecule has 0 aliphatic carbocycles. The second kappa shape index (κ2) is 12.7. The highest BCUT2D eigenvalue weighted by Gasteiger charge is 2.15. The monoisotopic (exact) mass is 499 g/mol. The molecule has 3 rings (SSSR count). The number of aromatic nitrogens is 2. The van der Waals surface area contributed by atoms with E-state index in [1.54, 1.807) is 35.5 Å². The Labute approximate surface area is 209 Å². The first-order valence-electron chi connectivity index (χ1n) is 10.8. The summed E-state index contributed by atoms with van der Waals surface area (Å²) < 4.78 is 26.7. The average molecular weight is 500 g/mol. The van der Waals surface area contributed by atoms with Crippen molar-refractivity contribution in [3.63, 3.8) is 0 Å². The van der Waals surface area contributed by atoms with Crippen LogP contribution in [-0.2, 0) is 11.2 Å². The Balaban J connectivity index is 1.53. The Bertz CT molecular complexity index is 1120. The lowest BCUT2D eigenvalue weighted by atomic mass is 10.1. The highest BCUT2D eigenvalue weighted by Crippen LogP contribution is 2.40. The first kappa shape index (κ1) is 26.0. The van der Waals surface area contributed by atoms with Crippen LogP contribution in [0.3, 0.4) is 0 Å². The first-order valence-corrected chi connectivity index (χ1v) is 11.8. The summed E-state index contributed by atoms with van der Waals surface area (Å²) in [6, 6.07) is 13.0. The molecule has 0 unspecified atom stereocenters. The number of nitrogens with one attached hydrogen (secondary N) is 1. The van der Waals surface area contributed by atoms with Crippen molar-refractivity contribution in [1.82, 2.24) is 15.5 Å². The Hall–Kier alpha value is -3.66. The van der Waals surface area contributed by atoms with Gasteiger partial charge in [-0.25, -0.2) is 0 Å². The maximum atomic E-state index is 12.3. The van der Waals surface area contributed by atoms with Crippen molar-refractivity contribution in [2.45, 2.75) is 11.4 Å². The zero-order valence-corrected chi connectivity index (χ0v) is 21.2. The molecule has 0 spiro atoms. The standard InChI is InChI=1S/C25H29N3O6S/c1-30-19-8-6-16(12-20(19)31-2)10-11-26-23(29)15-35-24-9-7-18(27-28-24)17-13-21(32-3)25(34-5)22(14-17)33-4/h6-9,12-14H,10-11,15H2,1-5H3,(H,26,29). The molecular weight excluding hydrogens is 470 g/mol. The summed E-state index contributed by atoms with van der Waals surface area (Å²) in [5.41, 5.74) is 2.47. The highest BCUT2D eigenvalue weighted by molar-refractivity contribution is 7.99. The SMILES string of the molecule is COc1ccc(CCNC(=O)CSc2ccc(-c3cc(OC)c(OC)c(OC)c3)nn2)cc1OC. The zero-order chi connectivity index (χ0) is 25.2. The number of hydrogen-bond donors (Lipinski definition) is 1. The quantitative estimate of drug-likeness (QED) is 0.374. The van der Waals surface area contributed by atoms with Crippen molar-refractivity contribution < 1.29 is 28.5 Å².